The van der Waals surface area contributed by atoms with Gasteiger partial charge in [0.25, 0.3) is 0 Å². The van der Waals surface area contributed by atoms with Gasteiger partial charge in [0.1, 0.15) is 39.2 Å². The summed E-state index contributed by atoms with van der Waals surface area (Å²) in [5, 5.41) is 4.58. The van der Waals surface area contributed by atoms with E-state index in [1.165, 1.54) is 55.0 Å². The van der Waals surface area contributed by atoms with Gasteiger partial charge in [-0.3, -0.25) is 4.57 Å². The summed E-state index contributed by atoms with van der Waals surface area (Å²) < 4.78 is 4.74. The molecule has 3 aromatic heterocycles. The Labute approximate surface area is 394 Å². The van der Waals surface area contributed by atoms with Crippen LogP contribution in [0, 0.1) is 0 Å². The molecule has 0 aliphatic carbocycles. The summed E-state index contributed by atoms with van der Waals surface area (Å²) in [7, 11) is 11.3. The number of fused-ring (bicyclic) bond motifs is 7. The number of hydrogen-bond donors (Lipinski definition) is 0. The van der Waals surface area contributed by atoms with Crippen LogP contribution >= 0.6 is 0 Å². The second kappa shape index (κ2) is 16.1. The summed E-state index contributed by atoms with van der Waals surface area (Å²) in [5.74, 6) is 1.77. The van der Waals surface area contributed by atoms with Gasteiger partial charge in [0.05, 0.1) is 22.1 Å². The first kappa shape index (κ1) is 40.4. The molecule has 0 atom stereocenters. The number of hydrogen-bond acceptors (Lipinski definition) is 3. The third-order valence-electron chi connectivity index (χ3n) is 14.2. The van der Waals surface area contributed by atoms with E-state index in [9.17, 15) is 0 Å². The van der Waals surface area contributed by atoms with Crippen LogP contribution < -0.4 is 27.3 Å². The van der Waals surface area contributed by atoms with Crippen molar-refractivity contribution in [3.05, 3.63) is 194 Å². The normalized spacial score (nSPS) is 11.6. The molecule has 3 heterocycles. The van der Waals surface area contributed by atoms with Crippen LogP contribution in [-0.2, 0) is 0 Å². The number of nitrogens with zero attached hydrogens (tertiary/aromatic N) is 5. The van der Waals surface area contributed by atoms with E-state index in [2.05, 4.69) is 218 Å². The van der Waals surface area contributed by atoms with Gasteiger partial charge in [-0.15, -0.1) is 16.4 Å². The maximum absolute atomic E-state index is 5.44. The van der Waals surface area contributed by atoms with Crippen molar-refractivity contribution in [1.29, 1.82) is 0 Å². The van der Waals surface area contributed by atoms with Crippen molar-refractivity contribution < 1.29 is 0 Å². The average molecular weight is 851 g/mol. The van der Waals surface area contributed by atoms with Crippen molar-refractivity contribution in [1.82, 2.24) is 24.1 Å². The maximum Gasteiger partial charge on any atom is 0.238 e. The minimum Gasteiger partial charge on any atom is -0.307 e. The van der Waals surface area contributed by atoms with E-state index in [1.54, 1.807) is 0 Å². The summed E-state index contributed by atoms with van der Waals surface area (Å²) in [6.45, 7) is 0. The Hall–Kier alpha value is -8.09. The van der Waals surface area contributed by atoms with E-state index in [1.807, 2.05) is 24.3 Å². The maximum atomic E-state index is 5.44. The second-order valence-electron chi connectivity index (χ2n) is 17.8. The van der Waals surface area contributed by atoms with Crippen LogP contribution in [-0.4, -0.2) is 63.3 Å². The molecule has 9 aromatic carbocycles. The third-order valence-corrected chi connectivity index (χ3v) is 14.2. The van der Waals surface area contributed by atoms with Gasteiger partial charge < -0.3 is 4.57 Å². The van der Waals surface area contributed by atoms with Gasteiger partial charge in [-0.1, -0.05) is 175 Å². The molecular weight excluding hydrogens is 809 g/mol. The van der Waals surface area contributed by atoms with Crippen LogP contribution in [0.15, 0.2) is 194 Å². The summed E-state index contributed by atoms with van der Waals surface area (Å²) in [6.07, 6.45) is 0. The Morgan fingerprint density at radius 1 is 0.313 bits per heavy atom. The molecule has 0 fully saturated rings. The highest BCUT2D eigenvalue weighted by Gasteiger charge is 2.25. The lowest BCUT2D eigenvalue weighted by atomic mass is 9.59. The molecule has 0 saturated carbocycles. The van der Waals surface area contributed by atoms with Gasteiger partial charge in [-0.25, -0.2) is 4.98 Å². The molecule has 10 heteroatoms. The lowest BCUT2D eigenvalue weighted by Gasteiger charge is -2.23. The quantitative estimate of drug-likeness (QED) is 0.194. The Bertz CT molecular complexity index is 3890. The van der Waals surface area contributed by atoms with E-state index < -0.39 is 0 Å². The van der Waals surface area contributed by atoms with Gasteiger partial charge >= 0.3 is 0 Å². The number of para-hydroxylation sites is 2. The molecule has 12 rings (SSSR count). The summed E-state index contributed by atoms with van der Waals surface area (Å²) in [5.41, 5.74) is 21.0. The predicted molar refractivity (Wildman–Crippen MR) is 297 cm³/mol. The van der Waals surface area contributed by atoms with E-state index >= 15 is 0 Å². The first-order valence-corrected chi connectivity index (χ1v) is 23.0. The van der Waals surface area contributed by atoms with Crippen molar-refractivity contribution in [2.24, 2.45) is 0 Å². The van der Waals surface area contributed by atoms with Crippen LogP contribution in [0.5, 0.6) is 0 Å². The van der Waals surface area contributed by atoms with E-state index in [-0.39, 0.29) is 0 Å². The van der Waals surface area contributed by atoms with Gasteiger partial charge in [-0.05, 0) is 63.7 Å². The minimum absolute atomic E-state index is 0.556. The molecular formula is C57H42B5N5. The summed E-state index contributed by atoms with van der Waals surface area (Å²) in [4.78, 5) is 16.0. The van der Waals surface area contributed by atoms with E-state index in [0.29, 0.717) is 17.6 Å². The zero-order valence-electron chi connectivity index (χ0n) is 38.2. The molecule has 0 amide bonds. The fourth-order valence-corrected chi connectivity index (χ4v) is 10.4. The number of aromatic nitrogens is 5. The molecule has 0 aliphatic heterocycles. The van der Waals surface area contributed by atoms with Crippen molar-refractivity contribution in [3.8, 4) is 67.8 Å². The molecule has 0 saturated heterocycles. The Kier molecular flexibility index (Phi) is 9.72. The van der Waals surface area contributed by atoms with Crippen molar-refractivity contribution >= 4 is 110 Å². The average Bonchev–Trinajstić information content (AvgIpc) is 3.91. The standard InChI is InChI=1S/C57H42B5N5/c58-48-47(49(59)51(61)52(62)50(48)60)41-28-27-38(32-44(41)34-17-6-2-7-18-34)66-45-25-12-10-23-39(45)42-29-30-43-40-24-11-13-26-46(40)67(54(43)53(42)66)57-64-55(35-19-8-3-9-20-35)63-56(65-57)37-22-14-21-36(31-37)33-15-4-1-5-16-33/h1-32H,58-62H2. The topological polar surface area (TPSA) is 48.5 Å². The summed E-state index contributed by atoms with van der Waals surface area (Å²) >= 11 is 0. The van der Waals surface area contributed by atoms with Crippen LogP contribution in [0.2, 0.25) is 0 Å². The fraction of sp³-hybridized carbons (Fsp3) is 0. The Balaban J connectivity index is 1.18. The molecule has 0 unspecified atom stereocenters. The smallest absolute Gasteiger partial charge is 0.238 e. The zero-order chi connectivity index (χ0) is 45.3. The molecule has 5 nitrogen and oxygen atoms in total. The lowest BCUT2D eigenvalue weighted by Crippen LogP contribution is -2.55. The highest BCUT2D eigenvalue weighted by molar-refractivity contribution is 6.68. The van der Waals surface area contributed by atoms with Gasteiger partial charge in [0.15, 0.2) is 11.6 Å². The molecule has 0 radical (unpaired) electrons. The highest BCUT2D eigenvalue weighted by atomic mass is 15.2. The predicted octanol–water partition coefficient (Wildman–Crippen LogP) is 5.69. The zero-order valence-corrected chi connectivity index (χ0v) is 38.2. The molecule has 67 heavy (non-hydrogen) atoms. The molecule has 0 bridgehead atoms. The van der Waals surface area contributed by atoms with Crippen molar-refractivity contribution in [2.45, 2.75) is 0 Å². The molecule has 12 aromatic rings. The monoisotopic (exact) mass is 851 g/mol. The highest BCUT2D eigenvalue weighted by Crippen LogP contribution is 2.43. The second-order valence-corrected chi connectivity index (χ2v) is 17.8. The molecule has 0 spiro atoms. The van der Waals surface area contributed by atoms with Crippen molar-refractivity contribution in [3.63, 3.8) is 0 Å². The number of rotatable bonds is 7. The fourth-order valence-electron chi connectivity index (χ4n) is 10.4. The molecule has 310 valence electrons. The molecule has 0 N–H and O–H groups in total. The SMILES string of the molecule is Bc1c(B)c(B)c(-c2ccc(-n3c4ccccc4c4ccc5c6ccccc6n(-c6nc(-c7ccccc7)nc(-c7cccc(-c8ccccc8)c7)n6)c5c43)cc2-c2ccccc2)c(B)c1B. The number of benzene rings is 9. The minimum atomic E-state index is 0.556. The Morgan fingerprint density at radius 2 is 0.791 bits per heavy atom. The first-order valence-electron chi connectivity index (χ1n) is 23.0. The largest absolute Gasteiger partial charge is 0.307 e. The van der Waals surface area contributed by atoms with Crippen molar-refractivity contribution in [2.75, 3.05) is 0 Å². The molecule has 0 aliphatic rings. The van der Waals surface area contributed by atoms with Crippen LogP contribution in [0.25, 0.3) is 111 Å². The van der Waals surface area contributed by atoms with Gasteiger partial charge in [0.2, 0.25) is 5.95 Å². The lowest BCUT2D eigenvalue weighted by molar-refractivity contribution is 0.953. The summed E-state index contributed by atoms with van der Waals surface area (Å²) in [6, 6.07) is 69.2. The van der Waals surface area contributed by atoms with Crippen LogP contribution in [0.1, 0.15) is 0 Å². The van der Waals surface area contributed by atoms with Gasteiger partial charge in [0, 0.05) is 38.4 Å². The first-order chi connectivity index (χ1) is 32.8. The van der Waals surface area contributed by atoms with Gasteiger partial charge in [-0.2, -0.15) is 9.97 Å². The third kappa shape index (κ3) is 6.58. The van der Waals surface area contributed by atoms with Crippen LogP contribution in [0.4, 0.5) is 0 Å². The Morgan fingerprint density at radius 3 is 1.42 bits per heavy atom. The van der Waals surface area contributed by atoms with Crippen LogP contribution in [0.3, 0.4) is 0 Å². The van der Waals surface area contributed by atoms with E-state index in [0.717, 1.165) is 66.2 Å². The van der Waals surface area contributed by atoms with E-state index in [4.69, 9.17) is 15.0 Å².